The molecule has 2 aliphatic carbocycles. The van der Waals surface area contributed by atoms with Crippen LogP contribution < -0.4 is 5.32 Å². The van der Waals surface area contributed by atoms with Crippen LogP contribution in [0.15, 0.2) is 30.3 Å². The number of carbonyl (C=O) groups is 1. The molecule has 3 fully saturated rings. The Labute approximate surface area is 177 Å². The first-order valence-corrected chi connectivity index (χ1v) is 12.4. The van der Waals surface area contributed by atoms with E-state index in [-0.39, 0.29) is 5.92 Å². The topological polar surface area (TPSA) is 32.3 Å². The Bertz CT molecular complexity index is 601. The highest BCUT2D eigenvalue weighted by molar-refractivity contribution is 5.79. The maximum atomic E-state index is 13.5. The number of rotatable bonds is 7. The van der Waals surface area contributed by atoms with E-state index in [0.717, 1.165) is 32.5 Å². The number of hydrogen-bond donors (Lipinski definition) is 1. The molecule has 1 N–H and O–H groups in total. The molecule has 29 heavy (non-hydrogen) atoms. The third-order valence-electron chi connectivity index (χ3n) is 7.80. The zero-order chi connectivity index (χ0) is 19.9. The lowest BCUT2D eigenvalue weighted by Crippen LogP contribution is -2.46. The summed E-state index contributed by atoms with van der Waals surface area (Å²) in [6, 6.07) is 11.1. The van der Waals surface area contributed by atoms with Gasteiger partial charge in [-0.15, -0.1) is 0 Å². The number of benzene rings is 1. The SMILES string of the molecule is O=C(N[C@H]1CCN(CCc2ccccc2)C1)C(C1CCCCC1)C1CCCCC1. The highest BCUT2D eigenvalue weighted by Crippen LogP contribution is 2.40. The zero-order valence-electron chi connectivity index (χ0n) is 18.2. The summed E-state index contributed by atoms with van der Waals surface area (Å²) in [5, 5.41) is 3.52. The minimum absolute atomic E-state index is 0.286. The van der Waals surface area contributed by atoms with E-state index in [9.17, 15) is 4.79 Å². The largest absolute Gasteiger partial charge is 0.352 e. The van der Waals surface area contributed by atoms with Crippen LogP contribution in [0.5, 0.6) is 0 Å². The van der Waals surface area contributed by atoms with Gasteiger partial charge in [0.15, 0.2) is 0 Å². The van der Waals surface area contributed by atoms with Gasteiger partial charge in [0.2, 0.25) is 5.91 Å². The summed E-state index contributed by atoms with van der Waals surface area (Å²) in [4.78, 5) is 16.0. The zero-order valence-corrected chi connectivity index (χ0v) is 18.2. The molecule has 1 atom stereocenters. The maximum Gasteiger partial charge on any atom is 0.223 e. The van der Waals surface area contributed by atoms with Gasteiger partial charge in [-0.2, -0.15) is 0 Å². The first kappa shape index (κ1) is 20.9. The van der Waals surface area contributed by atoms with Crippen LogP contribution in [0.3, 0.4) is 0 Å². The molecule has 0 radical (unpaired) electrons. The summed E-state index contributed by atoms with van der Waals surface area (Å²) < 4.78 is 0. The highest BCUT2D eigenvalue weighted by atomic mass is 16.2. The van der Waals surface area contributed by atoms with Crippen molar-refractivity contribution >= 4 is 5.91 Å². The molecule has 1 aromatic carbocycles. The molecule has 1 amide bonds. The summed E-state index contributed by atoms with van der Waals surface area (Å²) >= 11 is 0. The van der Waals surface area contributed by atoms with Crippen LogP contribution in [-0.2, 0) is 11.2 Å². The molecule has 1 aromatic rings. The lowest BCUT2D eigenvalue weighted by molar-refractivity contribution is -0.130. The summed E-state index contributed by atoms with van der Waals surface area (Å²) in [5.41, 5.74) is 1.41. The Kier molecular flexibility index (Phi) is 7.65. The molecule has 1 saturated heterocycles. The number of carbonyl (C=O) groups excluding carboxylic acids is 1. The van der Waals surface area contributed by atoms with Crippen molar-refractivity contribution in [1.82, 2.24) is 10.2 Å². The van der Waals surface area contributed by atoms with Gasteiger partial charge in [0.05, 0.1) is 0 Å². The molecule has 1 aliphatic heterocycles. The molecule has 0 unspecified atom stereocenters. The third kappa shape index (κ3) is 5.84. The second kappa shape index (κ2) is 10.6. The van der Waals surface area contributed by atoms with Crippen molar-refractivity contribution in [2.75, 3.05) is 19.6 Å². The highest BCUT2D eigenvalue weighted by Gasteiger charge is 2.37. The van der Waals surface area contributed by atoms with Crippen molar-refractivity contribution in [1.29, 1.82) is 0 Å². The second-order valence-corrected chi connectivity index (χ2v) is 9.85. The van der Waals surface area contributed by atoms with E-state index >= 15 is 0 Å². The number of hydrogen-bond acceptors (Lipinski definition) is 2. The molecule has 0 bridgehead atoms. The van der Waals surface area contributed by atoms with E-state index in [1.165, 1.54) is 69.8 Å². The molecule has 0 spiro atoms. The van der Waals surface area contributed by atoms with E-state index in [4.69, 9.17) is 0 Å². The normalized spacial score (nSPS) is 24.8. The van der Waals surface area contributed by atoms with Gasteiger partial charge >= 0.3 is 0 Å². The van der Waals surface area contributed by atoms with E-state index in [0.29, 0.717) is 23.8 Å². The van der Waals surface area contributed by atoms with Gasteiger partial charge in [0.1, 0.15) is 0 Å². The van der Waals surface area contributed by atoms with Crippen molar-refractivity contribution in [3.8, 4) is 0 Å². The number of amides is 1. The fourth-order valence-electron chi connectivity index (χ4n) is 6.18. The lowest BCUT2D eigenvalue weighted by Gasteiger charge is -2.37. The monoisotopic (exact) mass is 396 g/mol. The molecular weight excluding hydrogens is 356 g/mol. The van der Waals surface area contributed by atoms with Crippen LogP contribution in [0.25, 0.3) is 0 Å². The van der Waals surface area contributed by atoms with E-state index in [1.54, 1.807) is 0 Å². The number of nitrogens with zero attached hydrogens (tertiary/aromatic N) is 1. The Morgan fingerprint density at radius 1 is 0.897 bits per heavy atom. The standard InChI is InChI=1S/C26H40N2O/c29-26(25(22-12-6-2-7-13-22)23-14-8-3-9-15-23)27-24-17-19-28(20-24)18-16-21-10-4-1-5-11-21/h1,4-5,10-11,22-25H,2-3,6-9,12-20H2,(H,27,29)/t24-/m0/s1. The van der Waals surface area contributed by atoms with Crippen LogP contribution in [0.1, 0.15) is 76.2 Å². The fourth-order valence-corrected chi connectivity index (χ4v) is 6.18. The first-order valence-electron chi connectivity index (χ1n) is 12.4. The predicted octanol–water partition coefficient (Wildman–Crippen LogP) is 5.20. The predicted molar refractivity (Wildman–Crippen MR) is 120 cm³/mol. The van der Waals surface area contributed by atoms with Gasteiger partial charge in [-0.1, -0.05) is 68.9 Å². The van der Waals surface area contributed by atoms with E-state index in [1.807, 2.05) is 0 Å². The molecule has 3 heteroatoms. The minimum atomic E-state index is 0.286. The third-order valence-corrected chi connectivity index (χ3v) is 7.80. The Morgan fingerprint density at radius 3 is 2.14 bits per heavy atom. The van der Waals surface area contributed by atoms with Gasteiger partial charge in [-0.3, -0.25) is 4.79 Å². The second-order valence-electron chi connectivity index (χ2n) is 9.85. The van der Waals surface area contributed by atoms with Crippen LogP contribution in [0.2, 0.25) is 0 Å². The van der Waals surface area contributed by atoms with Crippen molar-refractivity contribution < 1.29 is 4.79 Å². The summed E-state index contributed by atoms with van der Waals surface area (Å²) in [7, 11) is 0. The van der Waals surface area contributed by atoms with Gasteiger partial charge in [-0.05, 0) is 55.9 Å². The summed E-state index contributed by atoms with van der Waals surface area (Å²) in [5.74, 6) is 1.97. The Morgan fingerprint density at radius 2 is 1.52 bits per heavy atom. The van der Waals surface area contributed by atoms with Crippen molar-refractivity contribution in [2.45, 2.75) is 83.1 Å². The van der Waals surface area contributed by atoms with Gasteiger partial charge in [0, 0.05) is 31.6 Å². The number of likely N-dealkylation sites (tertiary alicyclic amines) is 1. The van der Waals surface area contributed by atoms with Crippen LogP contribution in [0, 0.1) is 17.8 Å². The number of nitrogens with one attached hydrogen (secondary N) is 1. The van der Waals surface area contributed by atoms with Gasteiger partial charge in [0.25, 0.3) is 0 Å². The fraction of sp³-hybridized carbons (Fsp3) is 0.731. The minimum Gasteiger partial charge on any atom is -0.352 e. The average molecular weight is 397 g/mol. The molecular formula is C26H40N2O. The quantitative estimate of drug-likeness (QED) is 0.687. The first-order chi connectivity index (χ1) is 14.3. The average Bonchev–Trinajstić information content (AvgIpc) is 3.22. The van der Waals surface area contributed by atoms with Crippen molar-refractivity contribution in [2.24, 2.45) is 17.8 Å². The summed E-state index contributed by atoms with van der Waals surface area (Å²) in [6.45, 7) is 3.25. The maximum absolute atomic E-state index is 13.5. The Balaban J connectivity index is 1.30. The molecule has 160 valence electrons. The molecule has 3 nitrogen and oxygen atoms in total. The van der Waals surface area contributed by atoms with E-state index < -0.39 is 0 Å². The molecule has 4 rings (SSSR count). The Hall–Kier alpha value is -1.35. The molecule has 2 saturated carbocycles. The summed E-state index contributed by atoms with van der Waals surface area (Å²) in [6.07, 6.45) is 15.4. The molecule has 0 aromatic heterocycles. The van der Waals surface area contributed by atoms with Crippen LogP contribution in [-0.4, -0.2) is 36.5 Å². The lowest BCUT2D eigenvalue weighted by atomic mass is 9.69. The van der Waals surface area contributed by atoms with Crippen LogP contribution in [0.4, 0.5) is 0 Å². The van der Waals surface area contributed by atoms with Crippen molar-refractivity contribution in [3.63, 3.8) is 0 Å². The van der Waals surface area contributed by atoms with Crippen molar-refractivity contribution in [3.05, 3.63) is 35.9 Å². The van der Waals surface area contributed by atoms with Crippen LogP contribution >= 0.6 is 0 Å². The van der Waals surface area contributed by atoms with E-state index in [2.05, 4.69) is 40.5 Å². The smallest absolute Gasteiger partial charge is 0.223 e. The molecule has 3 aliphatic rings. The van der Waals surface area contributed by atoms with Gasteiger partial charge in [-0.25, -0.2) is 0 Å². The van der Waals surface area contributed by atoms with Gasteiger partial charge < -0.3 is 10.2 Å². The molecule has 1 heterocycles.